The lowest BCUT2D eigenvalue weighted by Gasteiger charge is -2.45. The molecule has 0 aromatic heterocycles. The molecule has 0 radical (unpaired) electrons. The van der Waals surface area contributed by atoms with Crippen molar-refractivity contribution in [2.75, 3.05) is 20.1 Å². The third-order valence-corrected chi connectivity index (χ3v) is 3.75. The van der Waals surface area contributed by atoms with Crippen LogP contribution in [0, 0.1) is 5.92 Å². The topological polar surface area (TPSA) is 6.48 Å². The van der Waals surface area contributed by atoms with Gasteiger partial charge in [-0.15, -0.1) is 0 Å². The van der Waals surface area contributed by atoms with Crippen molar-refractivity contribution in [3.05, 3.63) is 0 Å². The zero-order chi connectivity index (χ0) is 10.2. The van der Waals surface area contributed by atoms with Gasteiger partial charge in [0.15, 0.2) is 0 Å². The smallest absolute Gasteiger partial charge is 0.0732 e. The Hall–Kier alpha value is -0.0800. The van der Waals surface area contributed by atoms with Crippen LogP contribution in [-0.4, -0.2) is 41.6 Å². The standard InChI is InChI=1S/C11H24N2/c1-9(2)11(5)12(6)7-8-13(11)10(3)4/h9-10H,7-8H2,1-6H3. The van der Waals surface area contributed by atoms with Gasteiger partial charge in [-0.1, -0.05) is 13.8 Å². The molecule has 1 aliphatic heterocycles. The van der Waals surface area contributed by atoms with Crippen molar-refractivity contribution >= 4 is 0 Å². The molecule has 0 amide bonds. The predicted octanol–water partition coefficient (Wildman–Crippen LogP) is 2.01. The first-order valence-corrected chi connectivity index (χ1v) is 5.38. The highest BCUT2D eigenvalue weighted by atomic mass is 15.5. The van der Waals surface area contributed by atoms with E-state index in [0.29, 0.717) is 12.0 Å². The summed E-state index contributed by atoms with van der Waals surface area (Å²) in [6.45, 7) is 14.0. The Morgan fingerprint density at radius 1 is 1.08 bits per heavy atom. The van der Waals surface area contributed by atoms with Gasteiger partial charge in [0.2, 0.25) is 0 Å². The van der Waals surface area contributed by atoms with Crippen molar-refractivity contribution in [2.45, 2.75) is 46.3 Å². The number of hydrogen-bond acceptors (Lipinski definition) is 2. The summed E-state index contributed by atoms with van der Waals surface area (Å²) in [6, 6.07) is 0.650. The summed E-state index contributed by atoms with van der Waals surface area (Å²) < 4.78 is 0. The van der Waals surface area contributed by atoms with Crippen molar-refractivity contribution in [3.8, 4) is 0 Å². The van der Waals surface area contributed by atoms with Crippen LogP contribution >= 0.6 is 0 Å². The van der Waals surface area contributed by atoms with Crippen molar-refractivity contribution in [3.63, 3.8) is 0 Å². The number of hydrogen-bond donors (Lipinski definition) is 0. The van der Waals surface area contributed by atoms with Gasteiger partial charge in [0.25, 0.3) is 0 Å². The Morgan fingerprint density at radius 3 is 1.92 bits per heavy atom. The van der Waals surface area contributed by atoms with E-state index >= 15 is 0 Å². The second kappa shape index (κ2) is 3.58. The maximum Gasteiger partial charge on any atom is 0.0732 e. The van der Waals surface area contributed by atoms with Crippen molar-refractivity contribution in [1.29, 1.82) is 0 Å². The van der Waals surface area contributed by atoms with Gasteiger partial charge in [0.1, 0.15) is 0 Å². The van der Waals surface area contributed by atoms with E-state index in [1.807, 2.05) is 0 Å². The van der Waals surface area contributed by atoms with Gasteiger partial charge >= 0.3 is 0 Å². The zero-order valence-corrected chi connectivity index (χ0v) is 9.96. The third-order valence-electron chi connectivity index (χ3n) is 3.75. The minimum atomic E-state index is 0.258. The average molecular weight is 184 g/mol. The van der Waals surface area contributed by atoms with Crippen LogP contribution in [-0.2, 0) is 0 Å². The molecular weight excluding hydrogens is 160 g/mol. The normalized spacial score (nSPS) is 32.3. The van der Waals surface area contributed by atoms with Crippen LogP contribution in [0.1, 0.15) is 34.6 Å². The molecule has 78 valence electrons. The number of likely N-dealkylation sites (N-methyl/N-ethyl adjacent to an activating group) is 1. The molecular formula is C11H24N2. The maximum atomic E-state index is 2.61. The summed E-state index contributed by atoms with van der Waals surface area (Å²) in [5.41, 5.74) is 0.258. The average Bonchev–Trinajstić information content (AvgIpc) is 2.30. The molecule has 0 aromatic carbocycles. The molecule has 0 bridgehead atoms. The molecule has 0 aromatic rings. The van der Waals surface area contributed by atoms with Gasteiger partial charge in [-0.3, -0.25) is 9.80 Å². The van der Waals surface area contributed by atoms with E-state index in [1.54, 1.807) is 0 Å². The fourth-order valence-electron chi connectivity index (χ4n) is 2.48. The molecule has 2 nitrogen and oxygen atoms in total. The van der Waals surface area contributed by atoms with Crippen LogP contribution in [0.2, 0.25) is 0 Å². The van der Waals surface area contributed by atoms with E-state index in [9.17, 15) is 0 Å². The highest BCUT2D eigenvalue weighted by molar-refractivity contribution is 4.95. The molecule has 1 saturated heterocycles. The van der Waals surface area contributed by atoms with Crippen LogP contribution < -0.4 is 0 Å². The quantitative estimate of drug-likeness (QED) is 0.648. The van der Waals surface area contributed by atoms with E-state index in [-0.39, 0.29) is 5.66 Å². The molecule has 1 rings (SSSR count). The molecule has 1 aliphatic rings. The van der Waals surface area contributed by atoms with Gasteiger partial charge in [-0.05, 0) is 33.7 Å². The Labute approximate surface area is 82.9 Å². The molecule has 1 atom stereocenters. The monoisotopic (exact) mass is 184 g/mol. The lowest BCUT2D eigenvalue weighted by molar-refractivity contribution is -0.0143. The van der Waals surface area contributed by atoms with Crippen LogP contribution in [0.4, 0.5) is 0 Å². The van der Waals surface area contributed by atoms with E-state index in [1.165, 1.54) is 13.1 Å². The van der Waals surface area contributed by atoms with Gasteiger partial charge in [-0.25, -0.2) is 0 Å². The van der Waals surface area contributed by atoms with Crippen molar-refractivity contribution in [1.82, 2.24) is 9.80 Å². The summed E-state index contributed by atoms with van der Waals surface area (Å²) in [7, 11) is 2.24. The van der Waals surface area contributed by atoms with Crippen LogP contribution in [0.25, 0.3) is 0 Å². The van der Waals surface area contributed by atoms with Crippen LogP contribution in [0.5, 0.6) is 0 Å². The van der Waals surface area contributed by atoms with Gasteiger partial charge in [0, 0.05) is 19.1 Å². The van der Waals surface area contributed by atoms with E-state index in [0.717, 1.165) is 0 Å². The van der Waals surface area contributed by atoms with Gasteiger partial charge < -0.3 is 0 Å². The van der Waals surface area contributed by atoms with E-state index in [4.69, 9.17) is 0 Å². The van der Waals surface area contributed by atoms with Crippen molar-refractivity contribution in [2.24, 2.45) is 5.92 Å². The fraction of sp³-hybridized carbons (Fsp3) is 1.00. The second-order valence-corrected chi connectivity index (χ2v) is 4.96. The van der Waals surface area contributed by atoms with E-state index < -0.39 is 0 Å². The van der Waals surface area contributed by atoms with Crippen molar-refractivity contribution < 1.29 is 0 Å². The highest BCUT2D eigenvalue weighted by Crippen LogP contribution is 2.33. The maximum absolute atomic E-state index is 2.61. The molecule has 2 heteroatoms. The molecule has 1 heterocycles. The third kappa shape index (κ3) is 1.62. The lowest BCUT2D eigenvalue weighted by atomic mass is 9.95. The molecule has 0 spiro atoms. The highest BCUT2D eigenvalue weighted by Gasteiger charge is 2.44. The van der Waals surface area contributed by atoms with Gasteiger partial charge in [-0.2, -0.15) is 0 Å². The summed E-state index contributed by atoms with van der Waals surface area (Å²) in [5, 5.41) is 0. The predicted molar refractivity (Wildman–Crippen MR) is 57.7 cm³/mol. The first kappa shape index (κ1) is 11.0. The number of rotatable bonds is 2. The minimum absolute atomic E-state index is 0.258. The second-order valence-electron chi connectivity index (χ2n) is 4.96. The summed E-state index contributed by atoms with van der Waals surface area (Å²) in [4.78, 5) is 5.09. The largest absolute Gasteiger partial charge is 0.287 e. The Kier molecular flexibility index (Phi) is 3.03. The summed E-state index contributed by atoms with van der Waals surface area (Å²) in [5.74, 6) is 0.683. The molecule has 13 heavy (non-hydrogen) atoms. The Bertz CT molecular complexity index is 177. The summed E-state index contributed by atoms with van der Waals surface area (Å²) in [6.07, 6.45) is 0. The Morgan fingerprint density at radius 2 is 1.62 bits per heavy atom. The van der Waals surface area contributed by atoms with Crippen LogP contribution in [0.3, 0.4) is 0 Å². The Balaban J connectivity index is 2.88. The summed E-state index contributed by atoms with van der Waals surface area (Å²) >= 11 is 0. The van der Waals surface area contributed by atoms with Crippen LogP contribution in [0.15, 0.2) is 0 Å². The zero-order valence-electron chi connectivity index (χ0n) is 9.96. The van der Waals surface area contributed by atoms with E-state index in [2.05, 4.69) is 51.5 Å². The molecule has 0 aliphatic carbocycles. The fourth-order valence-corrected chi connectivity index (χ4v) is 2.48. The SMILES string of the molecule is CC(C)N1CCN(C)C1(C)C(C)C. The molecule has 0 saturated carbocycles. The first-order chi connectivity index (χ1) is 5.90. The molecule has 1 unspecified atom stereocenters. The van der Waals surface area contributed by atoms with Gasteiger partial charge in [0.05, 0.1) is 5.66 Å². The molecule has 1 fully saturated rings. The molecule has 0 N–H and O–H groups in total. The number of nitrogens with zero attached hydrogens (tertiary/aromatic N) is 2. The lowest BCUT2D eigenvalue weighted by Crippen LogP contribution is -2.55. The first-order valence-electron chi connectivity index (χ1n) is 5.38. The minimum Gasteiger partial charge on any atom is -0.287 e.